The maximum atomic E-state index is 9.86. The Hall–Kier alpha value is -2.29. The fraction of sp³-hybridized carbons (Fsp3) is 0.188. The van der Waals surface area contributed by atoms with Crippen LogP contribution in [0.5, 0.6) is 5.75 Å². The number of aromatic nitrogens is 2. The Labute approximate surface area is 112 Å². The van der Waals surface area contributed by atoms with Gasteiger partial charge < -0.3 is 9.67 Å². The summed E-state index contributed by atoms with van der Waals surface area (Å²) in [5.74, 6) is 1.21. The molecular formula is C16H16N2O. The molecule has 0 bridgehead atoms. The van der Waals surface area contributed by atoms with E-state index < -0.39 is 0 Å². The molecule has 1 aromatic heterocycles. The maximum absolute atomic E-state index is 9.86. The van der Waals surface area contributed by atoms with Crippen molar-refractivity contribution in [3.63, 3.8) is 0 Å². The van der Waals surface area contributed by atoms with Gasteiger partial charge in [-0.3, -0.25) is 0 Å². The average Bonchev–Trinajstić information content (AvgIpc) is 2.80. The number of para-hydroxylation sites is 2. The molecule has 3 rings (SSSR count). The van der Waals surface area contributed by atoms with E-state index in [4.69, 9.17) is 0 Å². The Morgan fingerprint density at radius 1 is 1.16 bits per heavy atom. The van der Waals surface area contributed by atoms with Gasteiger partial charge in [0.25, 0.3) is 0 Å². The molecule has 1 N–H and O–H groups in total. The van der Waals surface area contributed by atoms with E-state index in [1.54, 1.807) is 6.07 Å². The van der Waals surface area contributed by atoms with Crippen molar-refractivity contribution in [2.45, 2.75) is 20.4 Å². The molecule has 0 fully saturated rings. The van der Waals surface area contributed by atoms with Gasteiger partial charge in [0.2, 0.25) is 0 Å². The highest BCUT2D eigenvalue weighted by Gasteiger charge is 2.11. The molecule has 19 heavy (non-hydrogen) atoms. The number of rotatable bonds is 2. The molecule has 0 saturated carbocycles. The Bertz CT molecular complexity index is 744. The van der Waals surface area contributed by atoms with Crippen molar-refractivity contribution >= 4 is 11.0 Å². The third-order valence-electron chi connectivity index (χ3n) is 3.44. The van der Waals surface area contributed by atoms with Gasteiger partial charge >= 0.3 is 0 Å². The van der Waals surface area contributed by atoms with Crippen LogP contribution in [0.3, 0.4) is 0 Å². The van der Waals surface area contributed by atoms with Crippen molar-refractivity contribution in [1.82, 2.24) is 9.55 Å². The summed E-state index contributed by atoms with van der Waals surface area (Å²) in [5, 5.41) is 9.86. The molecule has 0 amide bonds. The Kier molecular flexibility index (Phi) is 2.75. The van der Waals surface area contributed by atoms with Crippen molar-refractivity contribution in [2.24, 2.45) is 0 Å². The first-order chi connectivity index (χ1) is 9.20. The molecule has 3 nitrogen and oxygen atoms in total. The molecule has 0 saturated heterocycles. The normalized spacial score (nSPS) is 11.1. The molecule has 2 aromatic carbocycles. The molecule has 0 aliphatic rings. The summed E-state index contributed by atoms with van der Waals surface area (Å²) in [5.41, 5.74) is 3.93. The van der Waals surface area contributed by atoms with Crippen LogP contribution >= 0.6 is 0 Å². The van der Waals surface area contributed by atoms with Crippen molar-refractivity contribution in [1.29, 1.82) is 0 Å². The fourth-order valence-corrected chi connectivity index (χ4v) is 2.36. The number of phenols is 1. The standard InChI is InChI=1S/C16H16N2O/c1-3-18-14-7-5-4-6-13(14)17-16(18)12-9-8-11(2)15(19)10-12/h4-10,19H,3H2,1-2H3. The van der Waals surface area contributed by atoms with Crippen molar-refractivity contribution in [3.8, 4) is 17.1 Å². The van der Waals surface area contributed by atoms with Crippen molar-refractivity contribution in [2.75, 3.05) is 0 Å². The maximum Gasteiger partial charge on any atom is 0.141 e. The predicted molar refractivity (Wildman–Crippen MR) is 77.2 cm³/mol. The second-order valence-corrected chi connectivity index (χ2v) is 4.67. The summed E-state index contributed by atoms with van der Waals surface area (Å²) < 4.78 is 2.17. The van der Waals surface area contributed by atoms with Gasteiger partial charge in [-0.05, 0) is 37.6 Å². The predicted octanol–water partition coefficient (Wildman–Crippen LogP) is 3.74. The van der Waals surface area contributed by atoms with E-state index in [9.17, 15) is 5.11 Å². The third-order valence-corrected chi connectivity index (χ3v) is 3.44. The Morgan fingerprint density at radius 3 is 2.68 bits per heavy atom. The topological polar surface area (TPSA) is 38.0 Å². The van der Waals surface area contributed by atoms with Crippen LogP contribution in [-0.2, 0) is 6.54 Å². The smallest absolute Gasteiger partial charge is 0.141 e. The van der Waals surface area contributed by atoms with Gasteiger partial charge in [-0.2, -0.15) is 0 Å². The summed E-state index contributed by atoms with van der Waals surface area (Å²) in [6, 6.07) is 13.8. The van der Waals surface area contributed by atoms with Crippen LogP contribution in [-0.4, -0.2) is 14.7 Å². The van der Waals surface area contributed by atoms with Crippen molar-refractivity contribution < 1.29 is 5.11 Å². The summed E-state index contributed by atoms with van der Waals surface area (Å²) >= 11 is 0. The number of aromatic hydroxyl groups is 1. The molecule has 0 aliphatic carbocycles. The van der Waals surface area contributed by atoms with Gasteiger partial charge in [-0.15, -0.1) is 0 Å². The Balaban J connectivity index is 2.26. The SMILES string of the molecule is CCn1c(-c2ccc(C)c(O)c2)nc2ccccc21. The fourth-order valence-electron chi connectivity index (χ4n) is 2.36. The third kappa shape index (κ3) is 1.87. The summed E-state index contributed by atoms with van der Waals surface area (Å²) in [6.07, 6.45) is 0. The first-order valence-corrected chi connectivity index (χ1v) is 6.46. The van der Waals surface area contributed by atoms with E-state index in [-0.39, 0.29) is 0 Å². The number of aryl methyl sites for hydroxylation is 2. The molecule has 0 radical (unpaired) electrons. The number of phenolic OH excluding ortho intramolecular Hbond substituents is 1. The van der Waals surface area contributed by atoms with E-state index in [2.05, 4.69) is 22.5 Å². The number of fused-ring (bicyclic) bond motifs is 1. The van der Waals surface area contributed by atoms with Crippen LogP contribution in [0.4, 0.5) is 0 Å². The van der Waals surface area contributed by atoms with Crippen LogP contribution in [0.25, 0.3) is 22.4 Å². The summed E-state index contributed by atoms with van der Waals surface area (Å²) in [7, 11) is 0. The minimum Gasteiger partial charge on any atom is -0.508 e. The minimum atomic E-state index is 0.312. The van der Waals surface area contributed by atoms with Gasteiger partial charge in [0.1, 0.15) is 11.6 Å². The van der Waals surface area contributed by atoms with E-state index in [0.29, 0.717) is 5.75 Å². The molecule has 3 aromatic rings. The largest absolute Gasteiger partial charge is 0.508 e. The second-order valence-electron chi connectivity index (χ2n) is 4.67. The lowest BCUT2D eigenvalue weighted by Gasteiger charge is -2.07. The number of benzene rings is 2. The minimum absolute atomic E-state index is 0.312. The van der Waals surface area contributed by atoms with Gasteiger partial charge in [0.05, 0.1) is 11.0 Å². The zero-order chi connectivity index (χ0) is 13.4. The Morgan fingerprint density at radius 2 is 1.95 bits per heavy atom. The lowest BCUT2D eigenvalue weighted by molar-refractivity contribution is 0.471. The van der Waals surface area contributed by atoms with Crippen LogP contribution in [0, 0.1) is 6.92 Å². The molecule has 96 valence electrons. The number of hydrogen-bond acceptors (Lipinski definition) is 2. The van der Waals surface area contributed by atoms with Crippen LogP contribution in [0.15, 0.2) is 42.5 Å². The average molecular weight is 252 g/mol. The zero-order valence-electron chi connectivity index (χ0n) is 11.1. The lowest BCUT2D eigenvalue weighted by atomic mass is 10.1. The quantitative estimate of drug-likeness (QED) is 0.754. The van der Waals surface area contributed by atoms with E-state index in [1.165, 1.54) is 0 Å². The highest BCUT2D eigenvalue weighted by atomic mass is 16.3. The van der Waals surface area contributed by atoms with Gasteiger partial charge in [-0.25, -0.2) is 4.98 Å². The monoisotopic (exact) mass is 252 g/mol. The molecule has 3 heteroatoms. The van der Waals surface area contributed by atoms with E-state index >= 15 is 0 Å². The molecule has 0 atom stereocenters. The zero-order valence-corrected chi connectivity index (χ0v) is 11.1. The summed E-state index contributed by atoms with van der Waals surface area (Å²) in [4.78, 5) is 4.68. The number of imidazole rings is 1. The highest BCUT2D eigenvalue weighted by molar-refractivity contribution is 5.80. The van der Waals surface area contributed by atoms with Gasteiger partial charge in [0, 0.05) is 12.1 Å². The van der Waals surface area contributed by atoms with Crippen LogP contribution in [0.2, 0.25) is 0 Å². The number of hydrogen-bond donors (Lipinski definition) is 1. The molecule has 1 heterocycles. The highest BCUT2D eigenvalue weighted by Crippen LogP contribution is 2.28. The van der Waals surface area contributed by atoms with E-state index in [1.807, 2.05) is 37.3 Å². The van der Waals surface area contributed by atoms with Gasteiger partial charge in [-0.1, -0.05) is 24.3 Å². The molecule has 0 aliphatic heterocycles. The first kappa shape index (κ1) is 11.8. The van der Waals surface area contributed by atoms with Crippen LogP contribution < -0.4 is 0 Å². The van der Waals surface area contributed by atoms with Crippen molar-refractivity contribution in [3.05, 3.63) is 48.0 Å². The molecular weight excluding hydrogens is 236 g/mol. The van der Waals surface area contributed by atoms with Gasteiger partial charge in [0.15, 0.2) is 0 Å². The van der Waals surface area contributed by atoms with E-state index in [0.717, 1.165) is 34.5 Å². The van der Waals surface area contributed by atoms with Crippen LogP contribution in [0.1, 0.15) is 12.5 Å². The number of nitrogens with zero attached hydrogens (tertiary/aromatic N) is 2. The first-order valence-electron chi connectivity index (χ1n) is 6.46. The lowest BCUT2D eigenvalue weighted by Crippen LogP contribution is -1.97. The second kappa shape index (κ2) is 4.43. The molecule has 0 spiro atoms. The molecule has 0 unspecified atom stereocenters. The summed E-state index contributed by atoms with van der Waals surface area (Å²) in [6.45, 7) is 4.85.